The van der Waals surface area contributed by atoms with Crippen LogP contribution in [0.1, 0.15) is 50.5 Å². The number of amides is 1. The van der Waals surface area contributed by atoms with Crippen molar-refractivity contribution < 1.29 is 13.2 Å². The van der Waals surface area contributed by atoms with Crippen LogP contribution < -0.4 is 10.5 Å². The third-order valence-corrected chi connectivity index (χ3v) is 3.88. The van der Waals surface area contributed by atoms with Crippen molar-refractivity contribution >= 4 is 15.9 Å². The van der Waals surface area contributed by atoms with Gasteiger partial charge in [0, 0.05) is 18.8 Å². The van der Waals surface area contributed by atoms with Crippen LogP contribution in [0.15, 0.2) is 17.2 Å². The van der Waals surface area contributed by atoms with Crippen LogP contribution in [0, 0.1) is 0 Å². The minimum absolute atomic E-state index is 0.0285. The Morgan fingerprint density at radius 3 is 2.55 bits per heavy atom. The molecule has 20 heavy (non-hydrogen) atoms. The first-order valence-corrected chi connectivity index (χ1v) is 8.38. The van der Waals surface area contributed by atoms with Gasteiger partial charge in [-0.15, -0.1) is 0 Å². The van der Waals surface area contributed by atoms with Crippen molar-refractivity contribution in [3.63, 3.8) is 0 Å². The van der Waals surface area contributed by atoms with Gasteiger partial charge in [-0.05, 0) is 25.8 Å². The number of rotatable bonds is 7. The van der Waals surface area contributed by atoms with Gasteiger partial charge in [-0.1, -0.05) is 20.3 Å². The first-order valence-electron chi connectivity index (χ1n) is 6.83. The molecule has 1 aromatic rings. The number of nitrogens with one attached hydrogen (secondary N) is 1. The van der Waals surface area contributed by atoms with Crippen molar-refractivity contribution in [3.05, 3.63) is 18.0 Å². The number of nitrogens with two attached hydrogens (primary N) is 1. The summed E-state index contributed by atoms with van der Waals surface area (Å²) in [6.07, 6.45) is 4.06. The van der Waals surface area contributed by atoms with Gasteiger partial charge < -0.3 is 9.88 Å². The van der Waals surface area contributed by atoms with Crippen LogP contribution in [0.3, 0.4) is 0 Å². The molecule has 114 valence electrons. The summed E-state index contributed by atoms with van der Waals surface area (Å²) in [6.45, 7) is 6.50. The lowest BCUT2D eigenvalue weighted by atomic mass is 10.2. The number of hydrogen-bond donors (Lipinski definition) is 2. The molecule has 0 aliphatic heterocycles. The molecule has 0 bridgehead atoms. The van der Waals surface area contributed by atoms with E-state index >= 15 is 0 Å². The van der Waals surface area contributed by atoms with Gasteiger partial charge in [-0.2, -0.15) is 0 Å². The van der Waals surface area contributed by atoms with E-state index in [1.807, 2.05) is 20.8 Å². The molecule has 0 aliphatic rings. The normalized spacial score (nSPS) is 13.2. The number of carbonyl (C=O) groups is 1. The van der Waals surface area contributed by atoms with Crippen molar-refractivity contribution in [2.24, 2.45) is 5.14 Å². The summed E-state index contributed by atoms with van der Waals surface area (Å²) < 4.78 is 24.4. The molecule has 1 unspecified atom stereocenters. The Kier molecular flexibility index (Phi) is 5.76. The van der Waals surface area contributed by atoms with Gasteiger partial charge in [0.15, 0.2) is 0 Å². The van der Waals surface area contributed by atoms with Gasteiger partial charge in [0.2, 0.25) is 10.0 Å². The standard InChI is InChI=1S/C13H23N3O3S/c1-4-6-10(3)15-13(17)12-8-11(20(14,18)19)9-16(12)7-5-2/h8-10H,4-7H2,1-3H3,(H,15,17)(H2,14,18,19). The lowest BCUT2D eigenvalue weighted by Gasteiger charge is -2.14. The van der Waals surface area contributed by atoms with Gasteiger partial charge in [-0.3, -0.25) is 4.79 Å². The van der Waals surface area contributed by atoms with E-state index in [-0.39, 0.29) is 16.8 Å². The van der Waals surface area contributed by atoms with Crippen molar-refractivity contribution in [2.45, 2.75) is 57.5 Å². The van der Waals surface area contributed by atoms with Gasteiger partial charge in [-0.25, -0.2) is 13.6 Å². The number of carbonyl (C=O) groups excluding carboxylic acids is 1. The Morgan fingerprint density at radius 1 is 1.40 bits per heavy atom. The van der Waals surface area contributed by atoms with E-state index in [0.29, 0.717) is 12.2 Å². The first kappa shape index (κ1) is 16.7. The minimum atomic E-state index is -3.80. The predicted molar refractivity (Wildman–Crippen MR) is 77.9 cm³/mol. The smallest absolute Gasteiger partial charge is 0.268 e. The summed E-state index contributed by atoms with van der Waals surface area (Å²) >= 11 is 0. The van der Waals surface area contributed by atoms with Crippen LogP contribution in [0.5, 0.6) is 0 Å². The number of aryl methyl sites for hydroxylation is 1. The summed E-state index contributed by atoms with van der Waals surface area (Å²) in [6, 6.07) is 1.38. The maximum atomic E-state index is 12.2. The molecule has 0 aromatic carbocycles. The number of sulfonamides is 1. The zero-order valence-electron chi connectivity index (χ0n) is 12.2. The lowest BCUT2D eigenvalue weighted by Crippen LogP contribution is -2.33. The Labute approximate surface area is 120 Å². The molecular weight excluding hydrogens is 278 g/mol. The predicted octanol–water partition coefficient (Wildman–Crippen LogP) is 1.46. The monoisotopic (exact) mass is 301 g/mol. The molecule has 1 heterocycles. The largest absolute Gasteiger partial charge is 0.348 e. The Hall–Kier alpha value is -1.34. The molecule has 0 spiro atoms. The highest BCUT2D eigenvalue weighted by Crippen LogP contribution is 2.14. The van der Waals surface area contributed by atoms with E-state index in [1.165, 1.54) is 12.3 Å². The molecule has 0 aliphatic carbocycles. The molecule has 1 atom stereocenters. The second-order valence-corrected chi connectivity index (χ2v) is 6.52. The fourth-order valence-electron chi connectivity index (χ4n) is 2.06. The highest BCUT2D eigenvalue weighted by atomic mass is 32.2. The van der Waals surface area contributed by atoms with Crippen LogP contribution in [-0.4, -0.2) is 24.9 Å². The summed E-state index contributed by atoms with van der Waals surface area (Å²) in [5.41, 5.74) is 0.332. The molecule has 7 heteroatoms. The van der Waals surface area contributed by atoms with Crippen LogP contribution in [0.2, 0.25) is 0 Å². The molecule has 0 radical (unpaired) electrons. The van der Waals surface area contributed by atoms with E-state index < -0.39 is 10.0 Å². The maximum absolute atomic E-state index is 12.2. The maximum Gasteiger partial charge on any atom is 0.268 e. The number of nitrogens with zero attached hydrogens (tertiary/aromatic N) is 1. The second-order valence-electron chi connectivity index (χ2n) is 4.96. The highest BCUT2D eigenvalue weighted by Gasteiger charge is 2.19. The number of hydrogen-bond acceptors (Lipinski definition) is 3. The van der Waals surface area contributed by atoms with Crippen LogP contribution in [-0.2, 0) is 16.6 Å². The molecular formula is C13H23N3O3S. The number of aromatic nitrogens is 1. The van der Waals surface area contributed by atoms with Gasteiger partial charge in [0.25, 0.3) is 5.91 Å². The molecule has 3 N–H and O–H groups in total. The molecule has 1 amide bonds. The average molecular weight is 301 g/mol. The van der Waals surface area contributed by atoms with Crippen molar-refractivity contribution in [2.75, 3.05) is 0 Å². The van der Waals surface area contributed by atoms with Gasteiger partial charge >= 0.3 is 0 Å². The fourth-order valence-corrected chi connectivity index (χ4v) is 2.61. The average Bonchev–Trinajstić information content (AvgIpc) is 2.73. The first-order chi connectivity index (χ1) is 9.29. The van der Waals surface area contributed by atoms with E-state index in [4.69, 9.17) is 5.14 Å². The van der Waals surface area contributed by atoms with Crippen LogP contribution in [0.4, 0.5) is 0 Å². The topological polar surface area (TPSA) is 94.2 Å². The van der Waals surface area contributed by atoms with Crippen molar-refractivity contribution in [1.82, 2.24) is 9.88 Å². The third kappa shape index (κ3) is 4.35. The van der Waals surface area contributed by atoms with Crippen LogP contribution in [0.25, 0.3) is 0 Å². The number of primary sulfonamides is 1. The van der Waals surface area contributed by atoms with E-state index in [1.54, 1.807) is 4.57 Å². The quantitative estimate of drug-likeness (QED) is 0.798. The Bertz CT molecular complexity index is 563. The Balaban J connectivity index is 3.03. The van der Waals surface area contributed by atoms with Crippen molar-refractivity contribution in [1.29, 1.82) is 0 Å². The van der Waals surface area contributed by atoms with Gasteiger partial charge in [0.05, 0.1) is 0 Å². The molecule has 0 saturated carbocycles. The van der Waals surface area contributed by atoms with Crippen molar-refractivity contribution in [3.8, 4) is 0 Å². The minimum Gasteiger partial charge on any atom is -0.348 e. The second kappa shape index (κ2) is 6.90. The summed E-state index contributed by atoms with van der Waals surface area (Å²) in [4.78, 5) is 12.2. The summed E-state index contributed by atoms with van der Waals surface area (Å²) in [7, 11) is -3.80. The summed E-state index contributed by atoms with van der Waals surface area (Å²) in [5.74, 6) is -0.269. The highest BCUT2D eigenvalue weighted by molar-refractivity contribution is 7.89. The van der Waals surface area contributed by atoms with Crippen LogP contribution >= 0.6 is 0 Å². The Morgan fingerprint density at radius 2 is 2.05 bits per heavy atom. The van der Waals surface area contributed by atoms with E-state index in [2.05, 4.69) is 5.32 Å². The van der Waals surface area contributed by atoms with E-state index in [9.17, 15) is 13.2 Å². The fraction of sp³-hybridized carbons (Fsp3) is 0.615. The zero-order valence-corrected chi connectivity index (χ0v) is 13.0. The SMILES string of the molecule is CCCC(C)NC(=O)c1cc(S(N)(=O)=O)cn1CCC. The molecule has 0 saturated heterocycles. The zero-order chi connectivity index (χ0) is 15.3. The summed E-state index contributed by atoms with van der Waals surface area (Å²) in [5, 5.41) is 7.98. The molecule has 1 aromatic heterocycles. The van der Waals surface area contributed by atoms with Gasteiger partial charge in [0.1, 0.15) is 10.6 Å². The lowest BCUT2D eigenvalue weighted by molar-refractivity contribution is 0.0928. The van der Waals surface area contributed by atoms with E-state index in [0.717, 1.165) is 19.3 Å². The third-order valence-electron chi connectivity index (χ3n) is 3.00. The molecule has 0 fully saturated rings. The molecule has 1 rings (SSSR count). The molecule has 6 nitrogen and oxygen atoms in total.